The van der Waals surface area contributed by atoms with Crippen LogP contribution in [-0.4, -0.2) is 4.57 Å². The third-order valence-corrected chi connectivity index (χ3v) is 13.4. The summed E-state index contributed by atoms with van der Waals surface area (Å²) in [5.41, 5.74) is 14.0. The quantitative estimate of drug-likeness (QED) is 0.156. The topological polar surface area (TPSA) is 8.17 Å². The number of hydrogen-bond acceptors (Lipinski definition) is 2. The summed E-state index contributed by atoms with van der Waals surface area (Å²) in [6.07, 6.45) is 0. The molecular weight excluding hydrogens is 757 g/mol. The number of thiophene rings is 1. The van der Waals surface area contributed by atoms with Gasteiger partial charge in [0.05, 0.1) is 16.7 Å². The summed E-state index contributed by atoms with van der Waals surface area (Å²) in [4.78, 5) is 2.41. The SMILES string of the molecule is c1cc(-c2ccc(N(c3ccc(-n4c5ccccc5c5ccccc54)cc3)c3ccccc3-c3ccc4sc5ccccc5c4c3)cc2)cc(-c2cccc3ccccc23)c1. The predicted molar refractivity (Wildman–Crippen MR) is 262 cm³/mol. The van der Waals surface area contributed by atoms with E-state index in [9.17, 15) is 0 Å². The average Bonchev–Trinajstić information content (AvgIpc) is 3.88. The van der Waals surface area contributed by atoms with Crippen molar-refractivity contribution in [1.29, 1.82) is 0 Å². The third-order valence-electron chi connectivity index (χ3n) is 12.2. The highest BCUT2D eigenvalue weighted by Gasteiger charge is 2.19. The summed E-state index contributed by atoms with van der Waals surface area (Å²) in [5, 5.41) is 7.64. The zero-order valence-corrected chi connectivity index (χ0v) is 34.1. The van der Waals surface area contributed by atoms with Crippen LogP contribution in [0.4, 0.5) is 17.1 Å². The minimum Gasteiger partial charge on any atom is -0.310 e. The molecule has 0 atom stereocenters. The lowest BCUT2D eigenvalue weighted by Gasteiger charge is -2.28. The molecule has 0 aliphatic rings. The number of rotatable bonds is 7. The Labute approximate surface area is 358 Å². The van der Waals surface area contributed by atoms with E-state index in [0.717, 1.165) is 22.7 Å². The van der Waals surface area contributed by atoms with Gasteiger partial charge in [-0.25, -0.2) is 0 Å². The van der Waals surface area contributed by atoms with Gasteiger partial charge >= 0.3 is 0 Å². The van der Waals surface area contributed by atoms with Crippen LogP contribution in [-0.2, 0) is 0 Å². The molecule has 0 spiro atoms. The fourth-order valence-electron chi connectivity index (χ4n) is 9.33. The fraction of sp³-hybridized carbons (Fsp3) is 0. The van der Waals surface area contributed by atoms with Gasteiger partial charge in [0.15, 0.2) is 0 Å². The van der Waals surface area contributed by atoms with Gasteiger partial charge in [0, 0.05) is 53.6 Å². The maximum atomic E-state index is 2.41. The molecule has 0 aliphatic carbocycles. The molecule has 12 rings (SSSR count). The lowest BCUT2D eigenvalue weighted by atomic mass is 9.95. The fourth-order valence-corrected chi connectivity index (χ4v) is 10.4. The minimum absolute atomic E-state index is 1.09. The summed E-state index contributed by atoms with van der Waals surface area (Å²) in [6.45, 7) is 0. The Kier molecular flexibility index (Phi) is 8.39. The van der Waals surface area contributed by atoms with Gasteiger partial charge in [0.2, 0.25) is 0 Å². The van der Waals surface area contributed by atoms with E-state index in [0.29, 0.717) is 0 Å². The van der Waals surface area contributed by atoms with E-state index in [1.807, 2.05) is 11.3 Å². The maximum absolute atomic E-state index is 2.41. The van der Waals surface area contributed by atoms with Gasteiger partial charge in [-0.1, -0.05) is 152 Å². The van der Waals surface area contributed by atoms with Crippen LogP contribution >= 0.6 is 11.3 Å². The van der Waals surface area contributed by atoms with Crippen molar-refractivity contribution in [3.05, 3.63) is 231 Å². The summed E-state index contributed by atoms with van der Waals surface area (Å²) < 4.78 is 5.00. The number of anilines is 3. The predicted octanol–water partition coefficient (Wildman–Crippen LogP) is 16.8. The number of aromatic nitrogens is 1. The number of para-hydroxylation sites is 3. The Morgan fingerprint density at radius 1 is 0.328 bits per heavy atom. The molecule has 0 aliphatic heterocycles. The molecular formula is C58H38N2S. The molecule has 0 fully saturated rings. The molecule has 10 aromatic carbocycles. The van der Waals surface area contributed by atoms with Gasteiger partial charge in [-0.05, 0) is 117 Å². The lowest BCUT2D eigenvalue weighted by Crippen LogP contribution is -2.11. The van der Waals surface area contributed by atoms with Gasteiger partial charge in [-0.15, -0.1) is 11.3 Å². The molecule has 2 heterocycles. The molecule has 61 heavy (non-hydrogen) atoms. The van der Waals surface area contributed by atoms with Crippen LogP contribution in [0.5, 0.6) is 0 Å². The largest absolute Gasteiger partial charge is 0.310 e. The molecule has 0 saturated heterocycles. The van der Waals surface area contributed by atoms with Crippen molar-refractivity contribution in [1.82, 2.24) is 4.57 Å². The molecule has 2 nitrogen and oxygen atoms in total. The standard InChI is InChI=1S/C58H38N2S/c1-2-17-47-40(13-1)14-12-22-48(47)42-16-11-15-41(37-42)39-27-30-44(31-28-39)59(45-32-34-46(35-33-45)60-55-24-8-4-19-50(55)51-20-5-9-25-56(51)60)54-23-7-3-18-49(54)43-29-36-58-53(38-43)52-21-6-10-26-57(52)61-58/h1-38H. The Hall–Kier alpha value is -7.72. The Morgan fingerprint density at radius 2 is 0.869 bits per heavy atom. The van der Waals surface area contributed by atoms with Crippen LogP contribution in [0.25, 0.3) is 91.8 Å². The third kappa shape index (κ3) is 6.01. The first-order chi connectivity index (χ1) is 30.2. The highest BCUT2D eigenvalue weighted by Crippen LogP contribution is 2.44. The van der Waals surface area contributed by atoms with Crippen molar-refractivity contribution in [3.8, 4) is 39.1 Å². The van der Waals surface area contributed by atoms with E-state index in [1.165, 1.54) is 86.1 Å². The number of benzene rings is 10. The van der Waals surface area contributed by atoms with Crippen LogP contribution in [0.1, 0.15) is 0 Å². The molecule has 3 heteroatoms. The second-order valence-corrected chi connectivity index (χ2v) is 16.8. The summed E-state index contributed by atoms with van der Waals surface area (Å²) in [6, 6.07) is 84.2. The van der Waals surface area contributed by atoms with Crippen LogP contribution < -0.4 is 4.90 Å². The van der Waals surface area contributed by atoms with Gasteiger partial charge in [0.1, 0.15) is 0 Å². The van der Waals surface area contributed by atoms with E-state index in [1.54, 1.807) is 0 Å². The van der Waals surface area contributed by atoms with Crippen molar-refractivity contribution in [3.63, 3.8) is 0 Å². The zero-order chi connectivity index (χ0) is 40.3. The Bertz CT molecular complexity index is 3530. The molecule has 0 N–H and O–H groups in total. The Balaban J connectivity index is 0.986. The molecule has 12 aromatic rings. The average molecular weight is 795 g/mol. The van der Waals surface area contributed by atoms with E-state index in [4.69, 9.17) is 0 Å². The van der Waals surface area contributed by atoms with E-state index in [-0.39, 0.29) is 0 Å². The maximum Gasteiger partial charge on any atom is 0.0541 e. The molecule has 0 saturated carbocycles. The van der Waals surface area contributed by atoms with Gasteiger partial charge in [0.25, 0.3) is 0 Å². The van der Waals surface area contributed by atoms with Crippen molar-refractivity contribution < 1.29 is 0 Å². The Morgan fingerprint density at radius 3 is 1.66 bits per heavy atom. The first-order valence-electron chi connectivity index (χ1n) is 20.8. The summed E-state index contributed by atoms with van der Waals surface area (Å²) >= 11 is 1.86. The highest BCUT2D eigenvalue weighted by atomic mass is 32.1. The normalized spacial score (nSPS) is 11.6. The van der Waals surface area contributed by atoms with Crippen LogP contribution in [0, 0.1) is 0 Å². The van der Waals surface area contributed by atoms with E-state index < -0.39 is 0 Å². The second-order valence-electron chi connectivity index (χ2n) is 15.7. The molecule has 0 amide bonds. The van der Waals surface area contributed by atoms with Crippen molar-refractivity contribution >= 4 is 81.1 Å². The first kappa shape index (κ1) is 35.2. The van der Waals surface area contributed by atoms with Gasteiger partial charge in [-0.3, -0.25) is 0 Å². The molecule has 0 radical (unpaired) electrons. The molecule has 286 valence electrons. The highest BCUT2D eigenvalue weighted by molar-refractivity contribution is 7.25. The summed E-state index contributed by atoms with van der Waals surface area (Å²) in [7, 11) is 0. The molecule has 2 aromatic heterocycles. The van der Waals surface area contributed by atoms with E-state index >= 15 is 0 Å². The molecule has 0 unspecified atom stereocenters. The van der Waals surface area contributed by atoms with Crippen LogP contribution in [0.3, 0.4) is 0 Å². The van der Waals surface area contributed by atoms with Crippen molar-refractivity contribution in [2.24, 2.45) is 0 Å². The first-order valence-corrected chi connectivity index (χ1v) is 21.6. The second kappa shape index (κ2) is 14.5. The lowest BCUT2D eigenvalue weighted by molar-refractivity contribution is 1.17. The van der Waals surface area contributed by atoms with Gasteiger partial charge < -0.3 is 9.47 Å². The van der Waals surface area contributed by atoms with Crippen LogP contribution in [0.2, 0.25) is 0 Å². The summed E-state index contributed by atoms with van der Waals surface area (Å²) in [5.74, 6) is 0. The van der Waals surface area contributed by atoms with E-state index in [2.05, 4.69) is 240 Å². The number of hydrogen-bond donors (Lipinski definition) is 0. The monoisotopic (exact) mass is 794 g/mol. The van der Waals surface area contributed by atoms with Crippen molar-refractivity contribution in [2.45, 2.75) is 0 Å². The zero-order valence-electron chi connectivity index (χ0n) is 33.2. The minimum atomic E-state index is 1.09. The number of nitrogens with zero attached hydrogens (tertiary/aromatic N) is 2. The van der Waals surface area contributed by atoms with Crippen molar-refractivity contribution in [2.75, 3.05) is 4.90 Å². The number of fused-ring (bicyclic) bond motifs is 7. The van der Waals surface area contributed by atoms with Gasteiger partial charge in [-0.2, -0.15) is 0 Å². The smallest absolute Gasteiger partial charge is 0.0541 e. The van der Waals surface area contributed by atoms with Crippen LogP contribution in [0.15, 0.2) is 231 Å². The molecule has 0 bridgehead atoms.